The van der Waals surface area contributed by atoms with Crippen LogP contribution in [0.2, 0.25) is 0 Å². The number of halogens is 1. The second-order valence-electron chi connectivity index (χ2n) is 5.87. The Bertz CT molecular complexity index is 752. The van der Waals surface area contributed by atoms with Crippen molar-refractivity contribution < 1.29 is 14.7 Å². The molecule has 0 amide bonds. The second-order valence-corrected chi connectivity index (χ2v) is 6.79. The molecule has 6 heteroatoms. The SMILES string of the molecule is CC(C)(C)O/N=C\c1cccnc1C(=O)c1cc(Br)ccc1O. The van der Waals surface area contributed by atoms with E-state index in [1.54, 1.807) is 24.3 Å². The molecule has 0 radical (unpaired) electrons. The number of nitrogens with zero attached hydrogens (tertiary/aromatic N) is 2. The average molecular weight is 377 g/mol. The summed E-state index contributed by atoms with van der Waals surface area (Å²) in [6, 6.07) is 8.08. The van der Waals surface area contributed by atoms with Crippen molar-refractivity contribution in [3.05, 3.63) is 57.8 Å². The molecule has 0 atom stereocenters. The highest BCUT2D eigenvalue weighted by Gasteiger charge is 2.18. The zero-order valence-electron chi connectivity index (χ0n) is 13.1. The Labute approximate surface area is 143 Å². The number of phenols is 1. The Balaban J connectivity index is 2.36. The van der Waals surface area contributed by atoms with Gasteiger partial charge in [-0.15, -0.1) is 0 Å². The molecule has 2 aromatic rings. The predicted octanol–water partition coefficient (Wildman–Crippen LogP) is 3.93. The molecule has 1 aromatic carbocycles. The van der Waals surface area contributed by atoms with Gasteiger partial charge in [-0.3, -0.25) is 9.78 Å². The molecule has 5 nitrogen and oxygen atoms in total. The Morgan fingerprint density at radius 2 is 2.09 bits per heavy atom. The molecule has 0 bridgehead atoms. The minimum Gasteiger partial charge on any atom is -0.507 e. The first-order valence-electron chi connectivity index (χ1n) is 6.98. The van der Waals surface area contributed by atoms with E-state index >= 15 is 0 Å². The number of hydrogen-bond acceptors (Lipinski definition) is 5. The van der Waals surface area contributed by atoms with Crippen LogP contribution in [0.5, 0.6) is 5.75 Å². The summed E-state index contributed by atoms with van der Waals surface area (Å²) in [4.78, 5) is 22.1. The summed E-state index contributed by atoms with van der Waals surface area (Å²) in [5.74, 6) is -0.487. The van der Waals surface area contributed by atoms with Crippen molar-refractivity contribution in [2.24, 2.45) is 5.16 Å². The van der Waals surface area contributed by atoms with E-state index in [-0.39, 0.29) is 22.8 Å². The summed E-state index contributed by atoms with van der Waals surface area (Å²) < 4.78 is 0.695. The lowest BCUT2D eigenvalue weighted by Crippen LogP contribution is -2.16. The van der Waals surface area contributed by atoms with Gasteiger partial charge in [0.15, 0.2) is 0 Å². The van der Waals surface area contributed by atoms with Crippen LogP contribution in [0.3, 0.4) is 0 Å². The van der Waals surface area contributed by atoms with E-state index in [1.165, 1.54) is 18.5 Å². The van der Waals surface area contributed by atoms with E-state index in [0.29, 0.717) is 10.0 Å². The number of benzene rings is 1. The molecule has 0 aliphatic rings. The molecule has 0 unspecified atom stereocenters. The Morgan fingerprint density at radius 3 is 2.78 bits per heavy atom. The molecule has 0 saturated heterocycles. The maximum Gasteiger partial charge on any atom is 0.215 e. The summed E-state index contributed by atoms with van der Waals surface area (Å²) in [5.41, 5.74) is 0.457. The lowest BCUT2D eigenvalue weighted by molar-refractivity contribution is 0.00199. The fraction of sp³-hybridized carbons (Fsp3) is 0.235. The van der Waals surface area contributed by atoms with E-state index in [2.05, 4.69) is 26.1 Å². The maximum atomic E-state index is 12.7. The highest BCUT2D eigenvalue weighted by molar-refractivity contribution is 9.10. The number of oxime groups is 1. The third kappa shape index (κ3) is 4.63. The molecule has 23 heavy (non-hydrogen) atoms. The van der Waals surface area contributed by atoms with Gasteiger partial charge < -0.3 is 9.94 Å². The van der Waals surface area contributed by atoms with E-state index in [4.69, 9.17) is 4.84 Å². The molecule has 0 saturated carbocycles. The van der Waals surface area contributed by atoms with Crippen LogP contribution in [0.25, 0.3) is 0 Å². The second kappa shape index (κ2) is 6.91. The Hall–Kier alpha value is -2.21. The van der Waals surface area contributed by atoms with Crippen LogP contribution in [-0.4, -0.2) is 27.7 Å². The van der Waals surface area contributed by atoms with Gasteiger partial charge in [0.2, 0.25) is 5.78 Å². The molecule has 1 aromatic heterocycles. The lowest BCUT2D eigenvalue weighted by atomic mass is 10.0. The monoisotopic (exact) mass is 376 g/mol. The number of ketones is 1. The van der Waals surface area contributed by atoms with Gasteiger partial charge in [-0.05, 0) is 51.1 Å². The van der Waals surface area contributed by atoms with Gasteiger partial charge in [-0.25, -0.2) is 0 Å². The van der Waals surface area contributed by atoms with Crippen LogP contribution in [0.15, 0.2) is 46.2 Å². The van der Waals surface area contributed by atoms with Crippen LogP contribution in [0.4, 0.5) is 0 Å². The van der Waals surface area contributed by atoms with Crippen LogP contribution >= 0.6 is 15.9 Å². The first-order chi connectivity index (χ1) is 10.8. The molecule has 0 spiro atoms. The number of pyridine rings is 1. The predicted molar refractivity (Wildman–Crippen MR) is 91.9 cm³/mol. The van der Waals surface area contributed by atoms with E-state index in [1.807, 2.05) is 20.8 Å². The van der Waals surface area contributed by atoms with Gasteiger partial charge in [0.25, 0.3) is 0 Å². The van der Waals surface area contributed by atoms with Gasteiger partial charge >= 0.3 is 0 Å². The summed E-state index contributed by atoms with van der Waals surface area (Å²) in [6.45, 7) is 5.62. The standard InChI is InChI=1S/C17H17BrN2O3/c1-17(2,3)23-20-10-11-5-4-8-19-15(11)16(22)13-9-12(18)6-7-14(13)21/h4-10,21H,1-3H3/b20-10-. The van der Waals surface area contributed by atoms with Crippen molar-refractivity contribution in [3.8, 4) is 5.75 Å². The first-order valence-corrected chi connectivity index (χ1v) is 7.77. The van der Waals surface area contributed by atoms with Crippen molar-refractivity contribution in [1.29, 1.82) is 0 Å². The average Bonchev–Trinajstić information content (AvgIpc) is 2.48. The third-order valence-electron chi connectivity index (χ3n) is 2.78. The fourth-order valence-electron chi connectivity index (χ4n) is 1.77. The van der Waals surface area contributed by atoms with Crippen molar-refractivity contribution in [1.82, 2.24) is 4.98 Å². The molecule has 1 N–H and O–H groups in total. The molecule has 2 rings (SSSR count). The smallest absolute Gasteiger partial charge is 0.215 e. The molecule has 1 heterocycles. The number of carbonyl (C=O) groups excluding carboxylic acids is 1. The molecule has 0 aliphatic carbocycles. The Morgan fingerprint density at radius 1 is 1.35 bits per heavy atom. The zero-order chi connectivity index (χ0) is 17.0. The van der Waals surface area contributed by atoms with Gasteiger partial charge in [0.05, 0.1) is 11.8 Å². The maximum absolute atomic E-state index is 12.7. The third-order valence-corrected chi connectivity index (χ3v) is 3.27. The van der Waals surface area contributed by atoms with Crippen LogP contribution in [0, 0.1) is 0 Å². The topological polar surface area (TPSA) is 71.8 Å². The van der Waals surface area contributed by atoms with Gasteiger partial charge in [-0.1, -0.05) is 21.1 Å². The van der Waals surface area contributed by atoms with E-state index in [9.17, 15) is 9.90 Å². The van der Waals surface area contributed by atoms with Crippen molar-refractivity contribution in [3.63, 3.8) is 0 Å². The number of carbonyl (C=O) groups is 1. The normalized spacial score (nSPS) is 11.7. The number of phenolic OH excluding ortho intramolecular Hbond substituents is 1. The Kier molecular flexibility index (Phi) is 5.15. The summed E-state index contributed by atoms with van der Waals surface area (Å²) >= 11 is 3.29. The number of aromatic nitrogens is 1. The van der Waals surface area contributed by atoms with E-state index < -0.39 is 5.60 Å². The molecular weight excluding hydrogens is 360 g/mol. The largest absolute Gasteiger partial charge is 0.507 e. The quantitative estimate of drug-likeness (QED) is 0.498. The van der Waals surface area contributed by atoms with Crippen LogP contribution in [-0.2, 0) is 4.84 Å². The van der Waals surface area contributed by atoms with Crippen LogP contribution in [0.1, 0.15) is 42.4 Å². The number of rotatable bonds is 4. The van der Waals surface area contributed by atoms with Crippen molar-refractivity contribution in [2.45, 2.75) is 26.4 Å². The number of hydrogen-bond donors (Lipinski definition) is 1. The summed E-state index contributed by atoms with van der Waals surface area (Å²) in [6.07, 6.45) is 2.96. The minimum absolute atomic E-state index is 0.0994. The van der Waals surface area contributed by atoms with E-state index in [0.717, 1.165) is 0 Å². The summed E-state index contributed by atoms with van der Waals surface area (Å²) in [5, 5.41) is 13.8. The van der Waals surface area contributed by atoms with Gasteiger partial charge in [0, 0.05) is 16.2 Å². The van der Waals surface area contributed by atoms with Crippen molar-refractivity contribution in [2.75, 3.05) is 0 Å². The zero-order valence-corrected chi connectivity index (χ0v) is 14.7. The summed E-state index contributed by atoms with van der Waals surface area (Å²) in [7, 11) is 0. The van der Waals surface area contributed by atoms with Crippen molar-refractivity contribution >= 4 is 27.9 Å². The fourth-order valence-corrected chi connectivity index (χ4v) is 2.13. The van der Waals surface area contributed by atoms with Crippen LogP contribution < -0.4 is 0 Å². The van der Waals surface area contributed by atoms with Gasteiger partial charge in [-0.2, -0.15) is 0 Å². The molecule has 0 fully saturated rings. The van der Waals surface area contributed by atoms with Gasteiger partial charge in [0.1, 0.15) is 17.0 Å². The highest BCUT2D eigenvalue weighted by atomic mass is 79.9. The number of aromatic hydroxyl groups is 1. The molecular formula is C17H17BrN2O3. The minimum atomic E-state index is -0.425. The first kappa shape index (κ1) is 17.1. The molecule has 120 valence electrons. The molecule has 0 aliphatic heterocycles. The highest BCUT2D eigenvalue weighted by Crippen LogP contribution is 2.24. The lowest BCUT2D eigenvalue weighted by Gasteiger charge is -2.15.